The number of pyridine rings is 1. The highest BCUT2D eigenvalue weighted by atomic mass is 19.3. The Labute approximate surface area is 127 Å². The standard InChI is InChI=1S/C13H11F4N3O3/c1-7-4-9(23-20-7)11(21)19-8-2-3-10(18-5-8)22-6-13(16,17)12(14)15/h2-5,12H,6H2,1H3,(H,19,21). The van der Waals surface area contributed by atoms with Gasteiger partial charge in [-0.25, -0.2) is 13.8 Å². The van der Waals surface area contributed by atoms with Crippen LogP contribution in [0.1, 0.15) is 16.2 Å². The highest BCUT2D eigenvalue weighted by Gasteiger charge is 2.41. The minimum absolute atomic E-state index is 0.0144. The summed E-state index contributed by atoms with van der Waals surface area (Å²) in [6, 6.07) is 3.89. The van der Waals surface area contributed by atoms with Crippen molar-refractivity contribution in [1.82, 2.24) is 10.1 Å². The van der Waals surface area contributed by atoms with Crippen LogP contribution in [0.5, 0.6) is 5.88 Å². The summed E-state index contributed by atoms with van der Waals surface area (Å²) in [4.78, 5) is 15.4. The predicted molar refractivity (Wildman–Crippen MR) is 69.9 cm³/mol. The van der Waals surface area contributed by atoms with E-state index in [-0.39, 0.29) is 17.3 Å². The predicted octanol–water partition coefficient (Wildman–Crippen LogP) is 2.91. The average molecular weight is 333 g/mol. The molecule has 0 aliphatic carbocycles. The first kappa shape index (κ1) is 16.7. The largest absolute Gasteiger partial charge is 0.471 e. The van der Waals surface area contributed by atoms with Crippen molar-refractivity contribution in [2.75, 3.05) is 11.9 Å². The van der Waals surface area contributed by atoms with E-state index in [4.69, 9.17) is 4.52 Å². The number of nitrogens with zero attached hydrogens (tertiary/aromatic N) is 2. The third kappa shape index (κ3) is 4.41. The summed E-state index contributed by atoms with van der Waals surface area (Å²) >= 11 is 0. The Hall–Kier alpha value is -2.65. The molecule has 2 aromatic heterocycles. The first-order chi connectivity index (χ1) is 10.8. The monoisotopic (exact) mass is 333 g/mol. The third-order valence-corrected chi connectivity index (χ3v) is 2.58. The topological polar surface area (TPSA) is 77.2 Å². The fourth-order valence-corrected chi connectivity index (χ4v) is 1.44. The van der Waals surface area contributed by atoms with E-state index in [9.17, 15) is 22.4 Å². The maximum atomic E-state index is 12.7. The molecule has 0 bridgehead atoms. The molecule has 0 aromatic carbocycles. The second-order valence-corrected chi connectivity index (χ2v) is 4.52. The zero-order valence-electron chi connectivity index (χ0n) is 11.7. The fraction of sp³-hybridized carbons (Fsp3) is 0.308. The quantitative estimate of drug-likeness (QED) is 0.823. The van der Waals surface area contributed by atoms with Crippen molar-refractivity contribution >= 4 is 11.6 Å². The summed E-state index contributed by atoms with van der Waals surface area (Å²) in [6.07, 6.45) is -2.71. The zero-order valence-corrected chi connectivity index (χ0v) is 11.7. The van der Waals surface area contributed by atoms with Gasteiger partial charge in [-0.15, -0.1) is 0 Å². The Kier molecular flexibility index (Phi) is 4.82. The molecule has 0 unspecified atom stereocenters. The summed E-state index contributed by atoms with van der Waals surface area (Å²) in [7, 11) is 0. The summed E-state index contributed by atoms with van der Waals surface area (Å²) < 4.78 is 58.6. The number of hydrogen-bond donors (Lipinski definition) is 1. The molecule has 0 saturated heterocycles. The van der Waals surface area contributed by atoms with Gasteiger partial charge in [0.25, 0.3) is 5.91 Å². The number of amides is 1. The van der Waals surface area contributed by atoms with Crippen molar-refractivity contribution in [3.63, 3.8) is 0 Å². The Morgan fingerprint density at radius 2 is 2.17 bits per heavy atom. The van der Waals surface area contributed by atoms with Crippen LogP contribution in [0.3, 0.4) is 0 Å². The molecule has 1 N–H and O–H groups in total. The summed E-state index contributed by atoms with van der Waals surface area (Å²) in [5.74, 6) is -5.14. The maximum absolute atomic E-state index is 12.7. The minimum Gasteiger partial charge on any atom is -0.471 e. The van der Waals surface area contributed by atoms with Gasteiger partial charge in [-0.1, -0.05) is 5.16 Å². The van der Waals surface area contributed by atoms with Gasteiger partial charge in [0, 0.05) is 12.1 Å². The lowest BCUT2D eigenvalue weighted by Crippen LogP contribution is -2.33. The molecule has 0 saturated carbocycles. The average Bonchev–Trinajstić information content (AvgIpc) is 2.93. The summed E-state index contributed by atoms with van der Waals surface area (Å²) in [5, 5.41) is 5.98. The second-order valence-electron chi connectivity index (χ2n) is 4.52. The van der Waals surface area contributed by atoms with Crippen LogP contribution in [0.15, 0.2) is 28.9 Å². The number of carbonyl (C=O) groups excluding carboxylic acids is 1. The Bertz CT molecular complexity index is 673. The molecule has 0 spiro atoms. The summed E-state index contributed by atoms with van der Waals surface area (Å²) in [5.41, 5.74) is 0.758. The number of aromatic nitrogens is 2. The number of ether oxygens (including phenoxy) is 1. The van der Waals surface area contributed by atoms with Crippen LogP contribution in [0, 0.1) is 6.92 Å². The van der Waals surface area contributed by atoms with Crippen molar-refractivity contribution in [3.8, 4) is 5.88 Å². The van der Waals surface area contributed by atoms with E-state index in [1.165, 1.54) is 12.1 Å². The lowest BCUT2D eigenvalue weighted by molar-refractivity contribution is -0.148. The Balaban J connectivity index is 1.93. The lowest BCUT2D eigenvalue weighted by atomic mass is 10.3. The Morgan fingerprint density at radius 1 is 1.43 bits per heavy atom. The first-order valence-electron chi connectivity index (χ1n) is 6.27. The molecule has 0 fully saturated rings. The van der Waals surface area contributed by atoms with Crippen molar-refractivity contribution < 1.29 is 31.6 Å². The van der Waals surface area contributed by atoms with Crippen LogP contribution < -0.4 is 10.1 Å². The molecule has 0 radical (unpaired) electrons. The molecule has 2 rings (SSSR count). The van der Waals surface area contributed by atoms with E-state index in [0.717, 1.165) is 12.3 Å². The van der Waals surface area contributed by atoms with Gasteiger partial charge in [0.15, 0.2) is 6.61 Å². The van der Waals surface area contributed by atoms with E-state index in [0.29, 0.717) is 5.69 Å². The van der Waals surface area contributed by atoms with E-state index in [1.54, 1.807) is 6.92 Å². The minimum atomic E-state index is -4.27. The zero-order chi connectivity index (χ0) is 17.0. The molecule has 1 amide bonds. The molecule has 0 atom stereocenters. The number of alkyl halides is 4. The smallest absolute Gasteiger partial charge is 0.340 e. The lowest BCUT2D eigenvalue weighted by Gasteiger charge is -2.15. The van der Waals surface area contributed by atoms with Gasteiger partial charge < -0.3 is 14.6 Å². The van der Waals surface area contributed by atoms with Crippen LogP contribution >= 0.6 is 0 Å². The first-order valence-corrected chi connectivity index (χ1v) is 6.27. The van der Waals surface area contributed by atoms with Gasteiger partial charge in [0.2, 0.25) is 11.6 Å². The highest BCUT2D eigenvalue weighted by Crippen LogP contribution is 2.24. The molecule has 23 heavy (non-hydrogen) atoms. The van der Waals surface area contributed by atoms with Crippen molar-refractivity contribution in [1.29, 1.82) is 0 Å². The van der Waals surface area contributed by atoms with Crippen LogP contribution in [-0.2, 0) is 0 Å². The van der Waals surface area contributed by atoms with E-state index in [1.807, 2.05) is 0 Å². The molecular weight excluding hydrogens is 322 g/mol. The number of halogens is 4. The fourth-order valence-electron chi connectivity index (χ4n) is 1.44. The number of nitrogens with one attached hydrogen (secondary N) is 1. The van der Waals surface area contributed by atoms with Gasteiger partial charge in [-0.2, -0.15) is 8.78 Å². The second kappa shape index (κ2) is 6.63. The molecule has 6 nitrogen and oxygen atoms in total. The van der Waals surface area contributed by atoms with Crippen molar-refractivity contribution in [2.45, 2.75) is 19.3 Å². The van der Waals surface area contributed by atoms with Crippen LogP contribution in [-0.4, -0.2) is 35.0 Å². The molecule has 2 heterocycles. The van der Waals surface area contributed by atoms with Gasteiger partial charge in [-0.05, 0) is 13.0 Å². The summed E-state index contributed by atoms with van der Waals surface area (Å²) in [6.45, 7) is 0.143. The van der Waals surface area contributed by atoms with Gasteiger partial charge in [0.1, 0.15) is 0 Å². The van der Waals surface area contributed by atoms with Gasteiger partial charge >= 0.3 is 12.3 Å². The molecule has 0 aliphatic rings. The molecule has 10 heteroatoms. The SMILES string of the molecule is Cc1cc(C(=O)Nc2ccc(OCC(F)(F)C(F)F)nc2)on1. The van der Waals surface area contributed by atoms with Crippen LogP contribution in [0.4, 0.5) is 23.2 Å². The van der Waals surface area contributed by atoms with Crippen molar-refractivity contribution in [3.05, 3.63) is 35.9 Å². The molecular formula is C13H11F4N3O3. The molecule has 2 aromatic rings. The molecule has 124 valence electrons. The van der Waals surface area contributed by atoms with Gasteiger partial charge in [0.05, 0.1) is 17.6 Å². The Morgan fingerprint density at radius 3 is 2.70 bits per heavy atom. The molecule has 0 aliphatic heterocycles. The van der Waals surface area contributed by atoms with E-state index >= 15 is 0 Å². The third-order valence-electron chi connectivity index (χ3n) is 2.58. The highest BCUT2D eigenvalue weighted by molar-refractivity contribution is 6.02. The van der Waals surface area contributed by atoms with Crippen molar-refractivity contribution in [2.24, 2.45) is 0 Å². The van der Waals surface area contributed by atoms with E-state index < -0.39 is 24.9 Å². The van der Waals surface area contributed by atoms with Gasteiger partial charge in [-0.3, -0.25) is 4.79 Å². The van der Waals surface area contributed by atoms with E-state index in [2.05, 4.69) is 20.2 Å². The number of carbonyl (C=O) groups is 1. The number of hydrogen-bond acceptors (Lipinski definition) is 5. The number of rotatable bonds is 6. The van der Waals surface area contributed by atoms with Crippen LogP contribution in [0.25, 0.3) is 0 Å². The number of anilines is 1. The van der Waals surface area contributed by atoms with Crippen LogP contribution in [0.2, 0.25) is 0 Å². The number of aryl methyl sites for hydroxylation is 1. The normalized spacial score (nSPS) is 11.6. The maximum Gasteiger partial charge on any atom is 0.340 e.